The standard InChI is InChI=1S/C29H29N3O/c1-18(2)20-10-12-23(13-11-20)32-26(21-8-6-5-7-9-21)24-14-15-25-19(3)27(33)22(17-30)16-29(25,4)28(24)31-32/h5-13,16,18-19,25H,14-15H2,1-4H3/t19-,25-,29?/m1/s1. The Labute approximate surface area is 195 Å². The second kappa shape index (κ2) is 7.85. The number of benzene rings is 2. The molecule has 33 heavy (non-hydrogen) atoms. The lowest BCUT2D eigenvalue weighted by atomic mass is 9.58. The zero-order valence-electron chi connectivity index (χ0n) is 19.7. The molecule has 3 aromatic rings. The van der Waals surface area contributed by atoms with Crippen molar-refractivity contribution in [3.8, 4) is 23.0 Å². The average molecular weight is 436 g/mol. The summed E-state index contributed by atoms with van der Waals surface area (Å²) < 4.78 is 2.07. The van der Waals surface area contributed by atoms with Gasteiger partial charge in [0.15, 0.2) is 5.78 Å². The van der Waals surface area contributed by atoms with Gasteiger partial charge in [0, 0.05) is 22.5 Å². The summed E-state index contributed by atoms with van der Waals surface area (Å²) in [6.45, 7) is 8.52. The fourth-order valence-corrected chi connectivity index (χ4v) is 5.81. The van der Waals surface area contributed by atoms with E-state index in [1.807, 2.05) is 19.1 Å². The van der Waals surface area contributed by atoms with Gasteiger partial charge in [-0.3, -0.25) is 4.79 Å². The molecule has 4 heteroatoms. The molecule has 0 fully saturated rings. The molecule has 0 N–H and O–H groups in total. The number of hydrogen-bond acceptors (Lipinski definition) is 3. The summed E-state index contributed by atoms with van der Waals surface area (Å²) in [5.74, 6) is 0.396. The summed E-state index contributed by atoms with van der Waals surface area (Å²) >= 11 is 0. The first kappa shape index (κ1) is 21.4. The Bertz CT molecular complexity index is 1290. The molecule has 1 heterocycles. The van der Waals surface area contributed by atoms with Gasteiger partial charge in [-0.1, -0.05) is 76.2 Å². The topological polar surface area (TPSA) is 58.7 Å². The first-order chi connectivity index (χ1) is 15.8. The van der Waals surface area contributed by atoms with Crippen LogP contribution in [-0.4, -0.2) is 15.6 Å². The van der Waals surface area contributed by atoms with E-state index in [1.165, 1.54) is 11.1 Å². The van der Waals surface area contributed by atoms with Crippen LogP contribution in [0.3, 0.4) is 0 Å². The highest BCUT2D eigenvalue weighted by atomic mass is 16.1. The number of carbonyl (C=O) groups excluding carboxylic acids is 1. The molecular weight excluding hydrogens is 406 g/mol. The van der Waals surface area contributed by atoms with Gasteiger partial charge in [0.05, 0.1) is 22.6 Å². The highest BCUT2D eigenvalue weighted by Gasteiger charge is 2.50. The number of Topliss-reactive ketones (excluding diaryl/α,β-unsaturated/α-hetero) is 1. The summed E-state index contributed by atoms with van der Waals surface area (Å²) in [5, 5.41) is 14.9. The molecule has 0 radical (unpaired) electrons. The van der Waals surface area contributed by atoms with Crippen molar-refractivity contribution in [3.05, 3.63) is 83.1 Å². The third-order valence-electron chi connectivity index (χ3n) is 7.67. The van der Waals surface area contributed by atoms with E-state index in [0.717, 1.165) is 35.5 Å². The second-order valence-electron chi connectivity index (χ2n) is 9.95. The minimum absolute atomic E-state index is 0.0320. The molecule has 1 unspecified atom stereocenters. The molecular formula is C29H29N3O. The Hall–Kier alpha value is -3.45. The predicted molar refractivity (Wildman–Crippen MR) is 130 cm³/mol. The number of aromatic nitrogens is 2. The molecule has 3 atom stereocenters. The van der Waals surface area contributed by atoms with E-state index in [0.29, 0.717) is 5.92 Å². The van der Waals surface area contributed by atoms with Gasteiger partial charge in [-0.05, 0) is 42.4 Å². The third kappa shape index (κ3) is 3.26. The number of fused-ring (bicyclic) bond motifs is 3. The summed E-state index contributed by atoms with van der Waals surface area (Å²) in [6, 6.07) is 21.2. The van der Waals surface area contributed by atoms with E-state index in [1.54, 1.807) is 0 Å². The summed E-state index contributed by atoms with van der Waals surface area (Å²) in [5.41, 5.74) is 6.61. The number of allylic oxidation sites excluding steroid dienone is 2. The van der Waals surface area contributed by atoms with Crippen molar-refractivity contribution < 1.29 is 4.79 Å². The van der Waals surface area contributed by atoms with Crippen LogP contribution in [-0.2, 0) is 16.6 Å². The van der Waals surface area contributed by atoms with Gasteiger partial charge in [-0.2, -0.15) is 10.4 Å². The lowest BCUT2D eigenvalue weighted by molar-refractivity contribution is -0.121. The molecule has 0 amide bonds. The number of nitrogens with zero attached hydrogens (tertiary/aromatic N) is 3. The molecule has 2 aliphatic rings. The van der Waals surface area contributed by atoms with Gasteiger partial charge in [-0.15, -0.1) is 0 Å². The molecule has 0 aliphatic heterocycles. The maximum Gasteiger partial charge on any atom is 0.176 e. The van der Waals surface area contributed by atoms with Crippen LogP contribution < -0.4 is 0 Å². The first-order valence-electron chi connectivity index (χ1n) is 11.8. The Kier molecular flexibility index (Phi) is 5.09. The van der Waals surface area contributed by atoms with E-state index in [2.05, 4.69) is 80.1 Å². The lowest BCUT2D eigenvalue weighted by Crippen LogP contribution is -2.45. The summed E-state index contributed by atoms with van der Waals surface area (Å²) in [4.78, 5) is 12.8. The van der Waals surface area contributed by atoms with Crippen LogP contribution in [0.15, 0.2) is 66.2 Å². The third-order valence-corrected chi connectivity index (χ3v) is 7.67. The van der Waals surface area contributed by atoms with Crippen molar-refractivity contribution in [2.75, 3.05) is 0 Å². The van der Waals surface area contributed by atoms with Gasteiger partial charge in [0.2, 0.25) is 0 Å². The van der Waals surface area contributed by atoms with Crippen LogP contribution in [0.4, 0.5) is 0 Å². The quantitative estimate of drug-likeness (QED) is 0.496. The Morgan fingerprint density at radius 1 is 1.12 bits per heavy atom. The molecule has 2 aliphatic carbocycles. The van der Waals surface area contributed by atoms with E-state index in [9.17, 15) is 10.1 Å². The van der Waals surface area contributed by atoms with Gasteiger partial charge in [-0.25, -0.2) is 4.68 Å². The Morgan fingerprint density at radius 2 is 1.82 bits per heavy atom. The van der Waals surface area contributed by atoms with Crippen LogP contribution in [0, 0.1) is 23.2 Å². The van der Waals surface area contributed by atoms with Crippen LogP contribution in [0.25, 0.3) is 16.9 Å². The molecule has 4 nitrogen and oxygen atoms in total. The van der Waals surface area contributed by atoms with E-state index >= 15 is 0 Å². The number of ketones is 1. The number of hydrogen-bond donors (Lipinski definition) is 0. The summed E-state index contributed by atoms with van der Waals surface area (Å²) in [6.07, 6.45) is 3.67. The predicted octanol–water partition coefficient (Wildman–Crippen LogP) is 6.15. The zero-order valence-corrected chi connectivity index (χ0v) is 19.7. The SMILES string of the molecule is CC(C)c1ccc(-n2nc3c(c2-c2ccccc2)CC[C@@H]2[C@@H](C)C(=O)C(C#N)=CC32C)cc1. The first-order valence-corrected chi connectivity index (χ1v) is 11.8. The second-order valence-corrected chi connectivity index (χ2v) is 9.95. The van der Waals surface area contributed by atoms with E-state index < -0.39 is 5.41 Å². The van der Waals surface area contributed by atoms with Crippen LogP contribution >= 0.6 is 0 Å². The van der Waals surface area contributed by atoms with Crippen molar-refractivity contribution in [3.63, 3.8) is 0 Å². The fourth-order valence-electron chi connectivity index (χ4n) is 5.81. The van der Waals surface area contributed by atoms with Crippen molar-refractivity contribution in [2.24, 2.45) is 11.8 Å². The monoisotopic (exact) mass is 435 g/mol. The number of rotatable bonds is 3. The van der Waals surface area contributed by atoms with Crippen LogP contribution in [0.1, 0.15) is 56.9 Å². The Morgan fingerprint density at radius 3 is 2.45 bits per heavy atom. The zero-order chi connectivity index (χ0) is 23.3. The molecule has 5 rings (SSSR count). The minimum Gasteiger partial charge on any atom is -0.293 e. The maximum absolute atomic E-state index is 12.8. The molecule has 166 valence electrons. The number of nitriles is 1. The molecule has 0 saturated heterocycles. The van der Waals surface area contributed by atoms with Gasteiger partial charge < -0.3 is 0 Å². The normalized spacial score (nSPS) is 24.1. The van der Waals surface area contributed by atoms with Crippen molar-refractivity contribution in [1.29, 1.82) is 5.26 Å². The maximum atomic E-state index is 12.8. The molecule has 1 aromatic heterocycles. The highest BCUT2D eigenvalue weighted by molar-refractivity contribution is 6.02. The molecule has 0 spiro atoms. The van der Waals surface area contributed by atoms with Crippen molar-refractivity contribution in [1.82, 2.24) is 9.78 Å². The average Bonchev–Trinajstić information content (AvgIpc) is 3.23. The summed E-state index contributed by atoms with van der Waals surface area (Å²) in [7, 11) is 0. The smallest absolute Gasteiger partial charge is 0.176 e. The van der Waals surface area contributed by atoms with Crippen LogP contribution in [0.2, 0.25) is 0 Å². The van der Waals surface area contributed by atoms with E-state index in [4.69, 9.17) is 5.10 Å². The largest absolute Gasteiger partial charge is 0.293 e. The Balaban J connectivity index is 1.76. The van der Waals surface area contributed by atoms with Crippen molar-refractivity contribution in [2.45, 2.75) is 51.9 Å². The van der Waals surface area contributed by atoms with Gasteiger partial charge >= 0.3 is 0 Å². The fraction of sp³-hybridized carbons (Fsp3) is 0.345. The molecule has 0 saturated carbocycles. The number of carbonyl (C=O) groups is 1. The molecule has 2 aromatic carbocycles. The van der Waals surface area contributed by atoms with Gasteiger partial charge in [0.25, 0.3) is 0 Å². The van der Waals surface area contributed by atoms with Crippen LogP contribution in [0.5, 0.6) is 0 Å². The van der Waals surface area contributed by atoms with Gasteiger partial charge in [0.1, 0.15) is 6.07 Å². The molecule has 0 bridgehead atoms. The minimum atomic E-state index is -0.446. The van der Waals surface area contributed by atoms with Crippen molar-refractivity contribution >= 4 is 5.78 Å². The lowest BCUT2D eigenvalue weighted by Gasteiger charge is -2.44. The van der Waals surface area contributed by atoms with E-state index in [-0.39, 0.29) is 23.2 Å². The highest BCUT2D eigenvalue weighted by Crippen LogP contribution is 2.51.